The van der Waals surface area contributed by atoms with E-state index in [0.29, 0.717) is 0 Å². The molecule has 0 unspecified atom stereocenters. The van der Waals surface area contributed by atoms with Gasteiger partial charge < -0.3 is 0 Å². The van der Waals surface area contributed by atoms with Gasteiger partial charge >= 0.3 is 132 Å². The average Bonchev–Trinajstić information content (AvgIpc) is 2.61. The van der Waals surface area contributed by atoms with Crippen LogP contribution >= 0.6 is 0 Å². The summed E-state index contributed by atoms with van der Waals surface area (Å²) in [6.45, 7) is 2.18. The Labute approximate surface area is 132 Å². The molecule has 0 aromatic heterocycles. The summed E-state index contributed by atoms with van der Waals surface area (Å²) in [5.41, 5.74) is 4.84. The van der Waals surface area contributed by atoms with Crippen molar-refractivity contribution in [1.82, 2.24) is 0 Å². The molecule has 22 heavy (non-hydrogen) atoms. The first-order chi connectivity index (χ1) is 10.9. The van der Waals surface area contributed by atoms with Crippen LogP contribution in [0, 0.1) is 0 Å². The Morgan fingerprint density at radius 1 is 0.591 bits per heavy atom. The molecule has 104 valence electrons. The zero-order valence-electron chi connectivity index (χ0n) is 12.4. The van der Waals surface area contributed by atoms with Crippen LogP contribution in [0.25, 0.3) is 11.5 Å². The number of hydrogen-bond donors (Lipinski definition) is 0. The monoisotopic (exact) mass is 280 g/mol. The second-order valence-electron chi connectivity index (χ2n) is 5.12. The van der Waals surface area contributed by atoms with Gasteiger partial charge in [0.25, 0.3) is 0 Å². The molecule has 3 rings (SSSR count). The van der Waals surface area contributed by atoms with E-state index in [-0.39, 0.29) is 0 Å². The minimum absolute atomic E-state index is 1.20. The van der Waals surface area contributed by atoms with Crippen molar-refractivity contribution in [3.05, 3.63) is 108 Å². The Hall–Kier alpha value is -2.67. The maximum atomic E-state index is 2.22. The molecule has 0 saturated heterocycles. The van der Waals surface area contributed by atoms with Gasteiger partial charge in [-0.15, -0.1) is 0 Å². The zero-order valence-corrected chi connectivity index (χ0v) is 12.4. The van der Waals surface area contributed by atoms with E-state index < -0.39 is 0 Å². The summed E-state index contributed by atoms with van der Waals surface area (Å²) in [6, 6.07) is 31.3. The number of hydrogen-bond acceptors (Lipinski definition) is 0. The van der Waals surface area contributed by atoms with Crippen LogP contribution in [0.2, 0.25) is 0 Å². The predicted octanol–water partition coefficient (Wildman–Crippen LogP) is 4.74. The molecule has 3 aromatic rings. The van der Waals surface area contributed by atoms with E-state index in [4.69, 9.17) is 0 Å². The van der Waals surface area contributed by atoms with Crippen LogP contribution in [0.5, 0.6) is 0 Å². The van der Waals surface area contributed by atoms with Crippen molar-refractivity contribution in [3.63, 3.8) is 0 Å². The normalized spacial score (nSPS) is 11.4. The van der Waals surface area contributed by atoms with E-state index >= 15 is 0 Å². The third-order valence-electron chi connectivity index (χ3n) is 3.48. The Morgan fingerprint density at radius 2 is 1.09 bits per heavy atom. The van der Waals surface area contributed by atoms with Crippen LogP contribution in [0.4, 0.5) is 0 Å². The molecule has 0 amide bonds. The summed E-state index contributed by atoms with van der Waals surface area (Å²) in [7, 11) is 0. The van der Waals surface area contributed by atoms with Gasteiger partial charge in [0.15, 0.2) is 0 Å². The molecule has 0 atom stereocenters. The van der Waals surface area contributed by atoms with Crippen molar-refractivity contribution in [2.75, 3.05) is 0 Å². The van der Waals surface area contributed by atoms with Gasteiger partial charge in [-0.3, -0.25) is 0 Å². The average molecular weight is 280 g/mol. The summed E-state index contributed by atoms with van der Waals surface area (Å²) in [4.78, 5) is 0. The molecule has 0 aliphatic rings. The van der Waals surface area contributed by atoms with Gasteiger partial charge in [-0.05, 0) is 0 Å². The van der Waals surface area contributed by atoms with Crippen molar-refractivity contribution >= 4 is 24.4 Å². The molecule has 0 aliphatic carbocycles. The number of rotatable bonds is 4. The summed E-state index contributed by atoms with van der Waals surface area (Å²) in [5.74, 6) is 2.15. The fourth-order valence-corrected chi connectivity index (χ4v) is 2.34. The van der Waals surface area contributed by atoms with Crippen molar-refractivity contribution in [3.8, 4) is 0 Å². The summed E-state index contributed by atoms with van der Waals surface area (Å²) in [5, 5.41) is 0. The molecule has 1 heteroatoms. The molecule has 0 radical (unpaired) electrons. The van der Waals surface area contributed by atoms with Gasteiger partial charge in [-0.1, -0.05) is 0 Å². The van der Waals surface area contributed by atoms with E-state index in [2.05, 4.69) is 91.8 Å². The third kappa shape index (κ3) is 3.92. The first kappa shape index (κ1) is 14.3. The quantitative estimate of drug-likeness (QED) is 0.478. The van der Waals surface area contributed by atoms with Gasteiger partial charge in [-0.25, -0.2) is 0 Å². The standard InChI is InChI=1S/C21H17B/c1-4-10-18(11-5-1)16-21(20-14-8-3-9-15-20)22-17-19-12-6-2-7-13-19/h1-17H. The van der Waals surface area contributed by atoms with Gasteiger partial charge in [0.05, 0.1) is 0 Å². The first-order valence-electron chi connectivity index (χ1n) is 7.47. The van der Waals surface area contributed by atoms with Gasteiger partial charge in [0.1, 0.15) is 0 Å². The number of benzene rings is 3. The molecule has 0 nitrogen and oxygen atoms in total. The van der Waals surface area contributed by atoms with Crippen LogP contribution in [-0.4, -0.2) is 12.9 Å². The molecule has 0 spiro atoms. The topological polar surface area (TPSA) is 0 Å². The molecule has 0 heterocycles. The van der Waals surface area contributed by atoms with Crippen molar-refractivity contribution in [2.45, 2.75) is 0 Å². The molecule has 0 aliphatic heterocycles. The second kappa shape index (κ2) is 7.37. The van der Waals surface area contributed by atoms with Crippen LogP contribution in [0.3, 0.4) is 0 Å². The molecule has 0 fully saturated rings. The Kier molecular flexibility index (Phi) is 4.79. The van der Waals surface area contributed by atoms with Crippen molar-refractivity contribution in [2.24, 2.45) is 0 Å². The summed E-state index contributed by atoms with van der Waals surface area (Å²) in [6.07, 6.45) is 2.22. The van der Waals surface area contributed by atoms with Gasteiger partial charge in [0, 0.05) is 0 Å². The van der Waals surface area contributed by atoms with E-state index in [1.165, 1.54) is 22.2 Å². The van der Waals surface area contributed by atoms with E-state index in [1.54, 1.807) is 0 Å². The second-order valence-corrected chi connectivity index (χ2v) is 5.12. The maximum absolute atomic E-state index is 2.22. The fraction of sp³-hybridized carbons (Fsp3) is 0. The summed E-state index contributed by atoms with van der Waals surface area (Å²) < 4.78 is 0. The molecule has 3 aromatic carbocycles. The van der Waals surface area contributed by atoms with Crippen LogP contribution in [0.15, 0.2) is 91.0 Å². The van der Waals surface area contributed by atoms with E-state index in [0.717, 1.165) is 0 Å². The van der Waals surface area contributed by atoms with E-state index in [1.807, 2.05) is 18.2 Å². The zero-order chi connectivity index (χ0) is 15.0. The molecular weight excluding hydrogens is 263 g/mol. The Morgan fingerprint density at radius 3 is 1.68 bits per heavy atom. The van der Waals surface area contributed by atoms with Crippen LogP contribution < -0.4 is 0 Å². The van der Waals surface area contributed by atoms with Gasteiger partial charge in [0.2, 0.25) is 0 Å². The van der Waals surface area contributed by atoms with Gasteiger partial charge in [-0.2, -0.15) is 0 Å². The Balaban J connectivity index is 1.97. The molecule has 0 saturated carbocycles. The third-order valence-corrected chi connectivity index (χ3v) is 3.48. The Bertz CT molecular complexity index is 757. The first-order valence-corrected chi connectivity index (χ1v) is 7.47. The SMILES string of the molecule is B(=Cc1ccccc1)C(=Cc1ccccc1)c1ccccc1. The van der Waals surface area contributed by atoms with Crippen LogP contribution in [0.1, 0.15) is 16.7 Å². The molecule has 0 bridgehead atoms. The summed E-state index contributed by atoms with van der Waals surface area (Å²) >= 11 is 0. The van der Waals surface area contributed by atoms with Crippen molar-refractivity contribution in [1.29, 1.82) is 0 Å². The fourth-order valence-electron chi connectivity index (χ4n) is 2.34. The van der Waals surface area contributed by atoms with Crippen molar-refractivity contribution < 1.29 is 0 Å². The van der Waals surface area contributed by atoms with Crippen LogP contribution in [-0.2, 0) is 0 Å². The molecular formula is C21H17B. The van der Waals surface area contributed by atoms with E-state index in [9.17, 15) is 0 Å². The minimum atomic E-state index is 1.20. The predicted molar refractivity (Wildman–Crippen MR) is 98.1 cm³/mol. The molecule has 0 N–H and O–H groups in total.